The summed E-state index contributed by atoms with van der Waals surface area (Å²) in [5.41, 5.74) is 6.75. The number of rotatable bonds is 6. The molecule has 5 heteroatoms. The van der Waals surface area contributed by atoms with Gasteiger partial charge in [-0.3, -0.25) is 4.79 Å². The van der Waals surface area contributed by atoms with E-state index in [2.05, 4.69) is 12.2 Å². The molecule has 17 heavy (non-hydrogen) atoms. The predicted octanol–water partition coefficient (Wildman–Crippen LogP) is 1.47. The van der Waals surface area contributed by atoms with Gasteiger partial charge in [-0.05, 0) is 30.5 Å². The third-order valence-electron chi connectivity index (χ3n) is 2.51. The zero-order valence-electron chi connectivity index (χ0n) is 10.0. The van der Waals surface area contributed by atoms with Crippen molar-refractivity contribution >= 4 is 17.7 Å². The van der Waals surface area contributed by atoms with Gasteiger partial charge in [-0.1, -0.05) is 19.1 Å². The second kappa shape index (κ2) is 6.64. The summed E-state index contributed by atoms with van der Waals surface area (Å²) in [6, 6.07) is 6.40. The van der Waals surface area contributed by atoms with Crippen LogP contribution in [-0.4, -0.2) is 29.9 Å². The summed E-state index contributed by atoms with van der Waals surface area (Å²) in [4.78, 5) is 12.1. The first kappa shape index (κ1) is 14.0. The number of aliphatic carboxylic acids is 1. The fraction of sp³-hybridized carbons (Fsp3) is 0.417. The maximum atomic E-state index is 11.0. The predicted molar refractivity (Wildman–Crippen MR) is 70.3 cm³/mol. The third kappa shape index (κ3) is 3.73. The summed E-state index contributed by atoms with van der Waals surface area (Å²) >= 11 is 1.74. The van der Waals surface area contributed by atoms with E-state index in [0.29, 0.717) is 0 Å². The van der Waals surface area contributed by atoms with Crippen molar-refractivity contribution in [1.29, 1.82) is 0 Å². The molecule has 0 radical (unpaired) electrons. The summed E-state index contributed by atoms with van der Waals surface area (Å²) in [6.07, 6.45) is 0. The summed E-state index contributed by atoms with van der Waals surface area (Å²) in [5, 5.41) is 11.7. The van der Waals surface area contributed by atoms with Gasteiger partial charge >= 0.3 is 5.97 Å². The van der Waals surface area contributed by atoms with Crippen LogP contribution in [0.25, 0.3) is 0 Å². The molecule has 0 aromatic heterocycles. The molecule has 2 unspecified atom stereocenters. The molecular weight excluding hydrogens is 236 g/mol. The first-order valence-electron chi connectivity index (χ1n) is 5.48. The van der Waals surface area contributed by atoms with Crippen LogP contribution in [0.15, 0.2) is 29.2 Å². The maximum Gasteiger partial charge on any atom is 0.322 e. The number of carbonyl (C=O) groups is 1. The van der Waals surface area contributed by atoms with E-state index >= 15 is 0 Å². The Balaban J connectivity index is 2.81. The second-order valence-corrected chi connectivity index (χ2v) is 4.97. The van der Waals surface area contributed by atoms with Crippen LogP contribution in [0.4, 0.5) is 0 Å². The minimum Gasteiger partial charge on any atom is -0.480 e. The topological polar surface area (TPSA) is 75.3 Å². The molecule has 0 heterocycles. The van der Waals surface area contributed by atoms with Crippen molar-refractivity contribution in [3.8, 4) is 0 Å². The molecule has 0 saturated heterocycles. The average Bonchev–Trinajstić information content (AvgIpc) is 2.30. The van der Waals surface area contributed by atoms with Gasteiger partial charge in [0.15, 0.2) is 0 Å². The van der Waals surface area contributed by atoms with Gasteiger partial charge in [0.05, 0.1) is 6.04 Å². The van der Waals surface area contributed by atoms with E-state index in [-0.39, 0.29) is 0 Å². The van der Waals surface area contributed by atoms with Crippen LogP contribution in [0, 0.1) is 0 Å². The lowest BCUT2D eigenvalue weighted by Gasteiger charge is -2.19. The minimum atomic E-state index is -0.938. The molecule has 0 fully saturated rings. The fourth-order valence-corrected chi connectivity index (χ4v) is 2.26. The molecule has 4 nitrogen and oxygen atoms in total. The van der Waals surface area contributed by atoms with E-state index in [0.717, 1.165) is 11.3 Å². The Hall–Kier alpha value is -1.04. The number of hydrogen-bond acceptors (Lipinski definition) is 4. The summed E-state index contributed by atoms with van der Waals surface area (Å²) in [5.74, 6) is 0.0756. The van der Waals surface area contributed by atoms with E-state index in [1.165, 1.54) is 4.90 Å². The molecule has 94 valence electrons. The number of carboxylic acid groups (broad SMARTS) is 1. The first-order chi connectivity index (χ1) is 8.10. The molecule has 4 N–H and O–H groups in total. The van der Waals surface area contributed by atoms with Crippen LogP contribution in [0.3, 0.4) is 0 Å². The molecule has 0 aliphatic carbocycles. The molecule has 0 amide bonds. The fourth-order valence-electron chi connectivity index (χ4n) is 1.60. The Morgan fingerprint density at radius 1 is 1.47 bits per heavy atom. The number of likely N-dealkylation sites (N-methyl/N-ethyl adjacent to an activating group) is 1. The Bertz CT molecular complexity index is 367. The van der Waals surface area contributed by atoms with E-state index in [4.69, 9.17) is 10.8 Å². The molecule has 2 atom stereocenters. The Morgan fingerprint density at radius 2 is 2.06 bits per heavy atom. The highest BCUT2D eigenvalue weighted by Crippen LogP contribution is 2.21. The summed E-state index contributed by atoms with van der Waals surface area (Å²) in [7, 11) is 1.60. The van der Waals surface area contributed by atoms with Gasteiger partial charge in [0.25, 0.3) is 0 Å². The normalized spacial score (nSPS) is 14.3. The van der Waals surface area contributed by atoms with Gasteiger partial charge < -0.3 is 16.2 Å². The molecule has 0 saturated carbocycles. The van der Waals surface area contributed by atoms with Crippen LogP contribution in [-0.2, 0) is 4.79 Å². The van der Waals surface area contributed by atoms with Gasteiger partial charge in [0, 0.05) is 4.90 Å². The number of hydrogen-bond donors (Lipinski definition) is 3. The minimum absolute atomic E-state index is 0.543. The second-order valence-electron chi connectivity index (χ2n) is 3.63. The molecule has 0 bridgehead atoms. The summed E-state index contributed by atoms with van der Waals surface area (Å²) < 4.78 is 0. The van der Waals surface area contributed by atoms with Gasteiger partial charge in [-0.25, -0.2) is 0 Å². The van der Waals surface area contributed by atoms with Gasteiger partial charge in [0.2, 0.25) is 0 Å². The maximum absolute atomic E-state index is 11.0. The lowest BCUT2D eigenvalue weighted by atomic mass is 10.0. The Labute approximate surface area is 106 Å². The zero-order valence-corrected chi connectivity index (χ0v) is 10.8. The van der Waals surface area contributed by atoms with Crippen LogP contribution in [0.1, 0.15) is 18.5 Å². The summed E-state index contributed by atoms with van der Waals surface area (Å²) in [6.45, 7) is 2.09. The van der Waals surface area contributed by atoms with Crippen molar-refractivity contribution in [3.63, 3.8) is 0 Å². The van der Waals surface area contributed by atoms with Crippen molar-refractivity contribution in [2.45, 2.75) is 23.9 Å². The van der Waals surface area contributed by atoms with Crippen molar-refractivity contribution < 1.29 is 9.90 Å². The first-order valence-corrected chi connectivity index (χ1v) is 6.47. The SMILES string of the molecule is CCSc1ccc(C(N)C(NC)C(=O)O)cc1. The number of benzene rings is 1. The van der Waals surface area contributed by atoms with E-state index < -0.39 is 18.1 Å². The van der Waals surface area contributed by atoms with Gasteiger partial charge in [-0.15, -0.1) is 11.8 Å². The number of thioether (sulfide) groups is 1. The largest absolute Gasteiger partial charge is 0.480 e. The van der Waals surface area contributed by atoms with Crippen LogP contribution >= 0.6 is 11.8 Å². The van der Waals surface area contributed by atoms with Crippen molar-refractivity contribution in [2.75, 3.05) is 12.8 Å². The zero-order chi connectivity index (χ0) is 12.8. The van der Waals surface area contributed by atoms with E-state index in [1.54, 1.807) is 18.8 Å². The number of nitrogens with two attached hydrogens (primary N) is 1. The molecule has 1 aromatic rings. The Kier molecular flexibility index (Phi) is 5.47. The number of carboxylic acids is 1. The lowest BCUT2D eigenvalue weighted by molar-refractivity contribution is -0.139. The van der Waals surface area contributed by atoms with Gasteiger partial charge in [-0.2, -0.15) is 0 Å². The Morgan fingerprint density at radius 3 is 2.47 bits per heavy atom. The highest BCUT2D eigenvalue weighted by atomic mass is 32.2. The monoisotopic (exact) mass is 254 g/mol. The third-order valence-corrected chi connectivity index (χ3v) is 3.41. The average molecular weight is 254 g/mol. The molecule has 0 spiro atoms. The number of nitrogens with one attached hydrogen (secondary N) is 1. The molecule has 1 aromatic carbocycles. The smallest absolute Gasteiger partial charge is 0.322 e. The van der Waals surface area contributed by atoms with E-state index in [9.17, 15) is 4.79 Å². The van der Waals surface area contributed by atoms with Crippen LogP contribution in [0.5, 0.6) is 0 Å². The lowest BCUT2D eigenvalue weighted by Crippen LogP contribution is -2.43. The quantitative estimate of drug-likeness (QED) is 0.670. The molecule has 0 aliphatic heterocycles. The highest BCUT2D eigenvalue weighted by Gasteiger charge is 2.24. The van der Waals surface area contributed by atoms with E-state index in [1.807, 2.05) is 24.3 Å². The van der Waals surface area contributed by atoms with Crippen molar-refractivity contribution in [3.05, 3.63) is 29.8 Å². The van der Waals surface area contributed by atoms with Gasteiger partial charge in [0.1, 0.15) is 6.04 Å². The molecular formula is C12H18N2O2S. The standard InChI is InChI=1S/C12H18N2O2S/c1-3-17-9-6-4-8(5-7-9)10(13)11(14-2)12(15)16/h4-7,10-11,14H,3,13H2,1-2H3,(H,15,16). The highest BCUT2D eigenvalue weighted by molar-refractivity contribution is 7.99. The van der Waals surface area contributed by atoms with Crippen LogP contribution in [0.2, 0.25) is 0 Å². The van der Waals surface area contributed by atoms with Crippen molar-refractivity contribution in [2.24, 2.45) is 5.73 Å². The van der Waals surface area contributed by atoms with Crippen LogP contribution < -0.4 is 11.1 Å². The molecule has 1 rings (SSSR count). The van der Waals surface area contributed by atoms with Crippen molar-refractivity contribution in [1.82, 2.24) is 5.32 Å². The molecule has 0 aliphatic rings.